The second kappa shape index (κ2) is 7.01. The maximum atomic E-state index is 5.32. The van der Waals surface area contributed by atoms with Gasteiger partial charge >= 0.3 is 0 Å². The monoisotopic (exact) mass is 271 g/mol. The fourth-order valence-corrected chi connectivity index (χ4v) is 2.26. The van der Waals surface area contributed by atoms with Gasteiger partial charge in [-0.2, -0.15) is 0 Å². The summed E-state index contributed by atoms with van der Waals surface area (Å²) in [6, 6.07) is 6.36. The zero-order valence-electron chi connectivity index (χ0n) is 12.3. The van der Waals surface area contributed by atoms with Crippen molar-refractivity contribution in [2.24, 2.45) is 0 Å². The van der Waals surface area contributed by atoms with Gasteiger partial charge in [0.05, 0.1) is 13.2 Å². The second-order valence-electron chi connectivity index (χ2n) is 4.79. The van der Waals surface area contributed by atoms with Crippen molar-refractivity contribution < 1.29 is 4.74 Å². The van der Waals surface area contributed by atoms with Gasteiger partial charge in [0, 0.05) is 18.0 Å². The molecule has 0 spiro atoms. The number of aryl methyl sites for hydroxylation is 1. The van der Waals surface area contributed by atoms with Gasteiger partial charge in [-0.1, -0.05) is 19.1 Å². The minimum absolute atomic E-state index is 0.112. The summed E-state index contributed by atoms with van der Waals surface area (Å²) in [7, 11) is 1.69. The van der Waals surface area contributed by atoms with Crippen LogP contribution in [-0.2, 0) is 0 Å². The molecule has 1 unspecified atom stereocenters. The van der Waals surface area contributed by atoms with Crippen LogP contribution in [0.15, 0.2) is 36.9 Å². The van der Waals surface area contributed by atoms with E-state index in [9.17, 15) is 0 Å². The van der Waals surface area contributed by atoms with Crippen LogP contribution >= 0.6 is 0 Å². The molecule has 0 radical (unpaired) electrons. The molecule has 106 valence electrons. The number of benzene rings is 1. The van der Waals surface area contributed by atoms with Crippen LogP contribution in [0.3, 0.4) is 0 Å². The Balaban J connectivity index is 2.33. The molecule has 1 heterocycles. The highest BCUT2D eigenvalue weighted by Crippen LogP contribution is 2.26. The van der Waals surface area contributed by atoms with Crippen molar-refractivity contribution in [1.82, 2.24) is 15.3 Å². The summed E-state index contributed by atoms with van der Waals surface area (Å²) in [5.74, 6) is 0.910. The smallest absolute Gasteiger partial charge is 0.121 e. The molecule has 0 amide bonds. The zero-order chi connectivity index (χ0) is 14.4. The molecule has 1 aromatic carbocycles. The molecule has 4 heteroatoms. The molecule has 0 bridgehead atoms. The number of methoxy groups -OCH3 is 1. The Bertz CT molecular complexity index is 543. The highest BCUT2D eigenvalue weighted by molar-refractivity contribution is 5.40. The molecule has 0 fully saturated rings. The van der Waals surface area contributed by atoms with Gasteiger partial charge in [0.1, 0.15) is 12.1 Å². The van der Waals surface area contributed by atoms with E-state index in [0.29, 0.717) is 0 Å². The summed E-state index contributed by atoms with van der Waals surface area (Å²) in [6.07, 6.45) is 6.36. The molecule has 0 saturated heterocycles. The number of aromatic nitrogens is 2. The minimum atomic E-state index is 0.112. The van der Waals surface area contributed by atoms with Gasteiger partial charge in [0.15, 0.2) is 0 Å². The molecule has 1 aromatic heterocycles. The van der Waals surface area contributed by atoms with Gasteiger partial charge in [-0.3, -0.25) is 0 Å². The molecule has 0 saturated carbocycles. The summed E-state index contributed by atoms with van der Waals surface area (Å²) in [6.45, 7) is 5.16. The maximum Gasteiger partial charge on any atom is 0.121 e. The third-order valence-corrected chi connectivity index (χ3v) is 3.26. The van der Waals surface area contributed by atoms with Crippen molar-refractivity contribution in [3.8, 4) is 5.75 Å². The molecular weight excluding hydrogens is 250 g/mol. The van der Waals surface area contributed by atoms with Gasteiger partial charge in [0.2, 0.25) is 0 Å². The van der Waals surface area contributed by atoms with E-state index < -0.39 is 0 Å². The summed E-state index contributed by atoms with van der Waals surface area (Å²) in [5, 5.41) is 3.55. The average Bonchev–Trinajstić information content (AvgIpc) is 2.49. The first-order valence-corrected chi connectivity index (χ1v) is 6.89. The van der Waals surface area contributed by atoms with Crippen molar-refractivity contribution in [3.63, 3.8) is 0 Å². The van der Waals surface area contributed by atoms with Gasteiger partial charge in [-0.15, -0.1) is 0 Å². The first-order valence-electron chi connectivity index (χ1n) is 6.89. The average molecular weight is 271 g/mol. The van der Waals surface area contributed by atoms with E-state index in [1.165, 1.54) is 5.56 Å². The number of rotatable bonds is 6. The lowest BCUT2D eigenvalue weighted by molar-refractivity contribution is 0.411. The maximum absolute atomic E-state index is 5.32. The number of hydrogen-bond donors (Lipinski definition) is 1. The second-order valence-corrected chi connectivity index (χ2v) is 4.79. The number of nitrogens with one attached hydrogen (secondary N) is 1. The standard InChI is InChI=1S/C16H21N3O/c1-4-7-19-16(14-9-17-11-18-10-14)13-5-6-15(20-3)12(2)8-13/h5-6,8-11,16,19H,4,7H2,1-3H3. The Kier molecular flexibility index (Phi) is 5.07. The molecule has 2 aromatic rings. The van der Waals surface area contributed by atoms with Crippen LogP contribution in [0.1, 0.15) is 36.1 Å². The predicted molar refractivity (Wildman–Crippen MR) is 79.9 cm³/mol. The van der Waals surface area contributed by atoms with Crippen LogP contribution in [0.5, 0.6) is 5.75 Å². The van der Waals surface area contributed by atoms with E-state index in [4.69, 9.17) is 4.74 Å². The number of ether oxygens (including phenoxy) is 1. The van der Waals surface area contributed by atoms with Gasteiger partial charge in [-0.25, -0.2) is 9.97 Å². The lowest BCUT2D eigenvalue weighted by Gasteiger charge is -2.20. The van der Waals surface area contributed by atoms with Crippen molar-refractivity contribution in [3.05, 3.63) is 53.6 Å². The number of nitrogens with zero attached hydrogens (tertiary/aromatic N) is 2. The fraction of sp³-hybridized carbons (Fsp3) is 0.375. The van der Waals surface area contributed by atoms with Crippen LogP contribution in [-0.4, -0.2) is 23.6 Å². The Morgan fingerprint density at radius 1 is 1.20 bits per heavy atom. The molecule has 0 aliphatic heterocycles. The van der Waals surface area contributed by atoms with E-state index in [-0.39, 0.29) is 6.04 Å². The van der Waals surface area contributed by atoms with Crippen LogP contribution in [0.2, 0.25) is 0 Å². The molecule has 20 heavy (non-hydrogen) atoms. The predicted octanol–water partition coefficient (Wildman–Crippen LogP) is 2.88. The molecule has 0 aliphatic rings. The van der Waals surface area contributed by atoms with Gasteiger partial charge < -0.3 is 10.1 Å². The van der Waals surface area contributed by atoms with Crippen LogP contribution in [0.25, 0.3) is 0 Å². The van der Waals surface area contributed by atoms with Crippen molar-refractivity contribution >= 4 is 0 Å². The van der Waals surface area contributed by atoms with Gasteiger partial charge in [0.25, 0.3) is 0 Å². The van der Waals surface area contributed by atoms with Gasteiger partial charge in [-0.05, 0) is 37.1 Å². The van der Waals surface area contributed by atoms with E-state index in [1.54, 1.807) is 13.4 Å². The molecule has 0 aliphatic carbocycles. The SMILES string of the molecule is CCCNC(c1cncnc1)c1ccc(OC)c(C)c1. The van der Waals surface area contributed by atoms with E-state index in [1.807, 2.05) is 18.5 Å². The Morgan fingerprint density at radius 2 is 1.95 bits per heavy atom. The summed E-state index contributed by atoms with van der Waals surface area (Å²) >= 11 is 0. The zero-order valence-corrected chi connectivity index (χ0v) is 12.3. The first kappa shape index (κ1) is 14.5. The summed E-state index contributed by atoms with van der Waals surface area (Å²) in [5.41, 5.74) is 3.40. The lowest BCUT2D eigenvalue weighted by Crippen LogP contribution is -2.23. The van der Waals surface area contributed by atoms with Crippen LogP contribution in [0.4, 0.5) is 0 Å². The highest BCUT2D eigenvalue weighted by atomic mass is 16.5. The first-order chi connectivity index (χ1) is 9.76. The summed E-state index contributed by atoms with van der Waals surface area (Å²) < 4.78 is 5.32. The Hall–Kier alpha value is -1.94. The largest absolute Gasteiger partial charge is 0.496 e. The van der Waals surface area contributed by atoms with Crippen LogP contribution < -0.4 is 10.1 Å². The normalized spacial score (nSPS) is 12.2. The molecule has 1 atom stereocenters. The molecular formula is C16H21N3O. The third kappa shape index (κ3) is 3.33. The van der Waals surface area contributed by atoms with Crippen LogP contribution in [0, 0.1) is 6.92 Å². The topological polar surface area (TPSA) is 47.0 Å². The molecule has 2 rings (SSSR count). The molecule has 4 nitrogen and oxygen atoms in total. The Labute approximate surface area is 120 Å². The Morgan fingerprint density at radius 3 is 2.55 bits per heavy atom. The highest BCUT2D eigenvalue weighted by Gasteiger charge is 2.15. The summed E-state index contributed by atoms with van der Waals surface area (Å²) in [4.78, 5) is 8.24. The van der Waals surface area contributed by atoms with E-state index in [2.05, 4.69) is 41.3 Å². The minimum Gasteiger partial charge on any atom is -0.496 e. The lowest BCUT2D eigenvalue weighted by atomic mass is 9.99. The van der Waals surface area contributed by atoms with E-state index >= 15 is 0 Å². The quantitative estimate of drug-likeness (QED) is 0.877. The third-order valence-electron chi connectivity index (χ3n) is 3.26. The van der Waals surface area contributed by atoms with Crippen molar-refractivity contribution in [1.29, 1.82) is 0 Å². The van der Waals surface area contributed by atoms with E-state index in [0.717, 1.165) is 29.8 Å². The number of hydrogen-bond acceptors (Lipinski definition) is 4. The van der Waals surface area contributed by atoms with Crippen molar-refractivity contribution in [2.75, 3.05) is 13.7 Å². The molecule has 1 N–H and O–H groups in total. The van der Waals surface area contributed by atoms with Crippen molar-refractivity contribution in [2.45, 2.75) is 26.3 Å². The fourth-order valence-electron chi connectivity index (χ4n) is 2.26.